The molecule has 1 atom stereocenters. The first-order valence-electron chi connectivity index (χ1n) is 9.59. The number of aliphatic imine (C=N–C) groups is 1. The molecule has 0 spiro atoms. The van der Waals surface area contributed by atoms with Gasteiger partial charge in [-0.1, -0.05) is 57.4 Å². The Bertz CT molecular complexity index is 650. The Kier molecular flexibility index (Phi) is 8.66. The number of nitrogens with zero attached hydrogens (tertiary/aromatic N) is 4. The third kappa shape index (κ3) is 6.86. The fourth-order valence-electron chi connectivity index (χ4n) is 2.93. The molecule has 1 aromatic heterocycles. The number of nitrogens with one attached hydrogen (secondary N) is 2. The molecule has 2 aromatic rings. The Balaban J connectivity index is 1.82. The van der Waals surface area contributed by atoms with Crippen LogP contribution in [0.4, 0.5) is 0 Å². The lowest BCUT2D eigenvalue weighted by atomic mass is 9.99. The van der Waals surface area contributed by atoms with E-state index in [4.69, 9.17) is 0 Å². The second kappa shape index (κ2) is 11.3. The van der Waals surface area contributed by atoms with Crippen LogP contribution in [-0.4, -0.2) is 34.3 Å². The maximum absolute atomic E-state index is 4.34. The molecule has 26 heavy (non-hydrogen) atoms. The van der Waals surface area contributed by atoms with Crippen LogP contribution in [0.1, 0.15) is 50.7 Å². The SMILES string of the molecule is CCCCC(CC)CNC(=NC)NCc1cccc(Cn2cncn2)c1. The Labute approximate surface area is 157 Å². The first kappa shape index (κ1) is 19.9. The van der Waals surface area contributed by atoms with Crippen molar-refractivity contribution in [2.75, 3.05) is 13.6 Å². The summed E-state index contributed by atoms with van der Waals surface area (Å²) >= 11 is 0. The molecule has 0 aliphatic rings. The number of aromatic nitrogens is 3. The van der Waals surface area contributed by atoms with Crippen LogP contribution in [0.2, 0.25) is 0 Å². The molecule has 2 N–H and O–H groups in total. The van der Waals surface area contributed by atoms with Gasteiger partial charge in [-0.15, -0.1) is 0 Å². The highest BCUT2D eigenvalue weighted by Crippen LogP contribution is 2.11. The zero-order chi connectivity index (χ0) is 18.6. The lowest BCUT2D eigenvalue weighted by Crippen LogP contribution is -2.39. The standard InChI is InChI=1S/C20H32N6/c1-4-6-8-17(5-2)12-23-20(21-3)24-13-18-9-7-10-19(11-18)14-26-16-22-15-25-26/h7,9-11,15-17H,4-6,8,12-14H2,1-3H3,(H2,21,23,24). The first-order chi connectivity index (χ1) is 12.7. The van der Waals surface area contributed by atoms with E-state index in [0.29, 0.717) is 5.92 Å². The van der Waals surface area contributed by atoms with Crippen LogP contribution in [-0.2, 0) is 13.1 Å². The average molecular weight is 357 g/mol. The van der Waals surface area contributed by atoms with Crippen LogP contribution in [0, 0.1) is 5.92 Å². The monoisotopic (exact) mass is 356 g/mol. The summed E-state index contributed by atoms with van der Waals surface area (Å²) in [6.07, 6.45) is 8.33. The van der Waals surface area contributed by atoms with E-state index < -0.39 is 0 Å². The third-order valence-corrected chi connectivity index (χ3v) is 4.59. The van der Waals surface area contributed by atoms with Gasteiger partial charge in [-0.2, -0.15) is 5.10 Å². The quantitative estimate of drug-likeness (QED) is 0.507. The fourth-order valence-corrected chi connectivity index (χ4v) is 2.93. The van der Waals surface area contributed by atoms with Gasteiger partial charge in [0.15, 0.2) is 5.96 Å². The highest BCUT2D eigenvalue weighted by Gasteiger charge is 2.07. The Morgan fingerprint density at radius 1 is 1.23 bits per heavy atom. The zero-order valence-corrected chi connectivity index (χ0v) is 16.3. The summed E-state index contributed by atoms with van der Waals surface area (Å²) in [5, 5.41) is 11.0. The summed E-state index contributed by atoms with van der Waals surface area (Å²) in [6, 6.07) is 8.51. The van der Waals surface area contributed by atoms with Gasteiger partial charge in [0, 0.05) is 20.1 Å². The normalized spacial score (nSPS) is 12.8. The van der Waals surface area contributed by atoms with Crippen molar-refractivity contribution < 1.29 is 0 Å². The van der Waals surface area contributed by atoms with Crippen LogP contribution in [0.5, 0.6) is 0 Å². The second-order valence-electron chi connectivity index (χ2n) is 6.64. The summed E-state index contributed by atoms with van der Waals surface area (Å²) in [5.74, 6) is 1.57. The van der Waals surface area contributed by atoms with E-state index in [-0.39, 0.29) is 0 Å². The highest BCUT2D eigenvalue weighted by atomic mass is 15.3. The van der Waals surface area contributed by atoms with Gasteiger partial charge in [-0.25, -0.2) is 9.67 Å². The number of unbranched alkanes of at least 4 members (excludes halogenated alkanes) is 1. The number of guanidine groups is 1. The molecule has 0 saturated carbocycles. The molecule has 0 fully saturated rings. The minimum Gasteiger partial charge on any atom is -0.356 e. The largest absolute Gasteiger partial charge is 0.356 e. The van der Waals surface area contributed by atoms with E-state index in [1.165, 1.54) is 36.8 Å². The summed E-state index contributed by atoms with van der Waals surface area (Å²) in [7, 11) is 1.82. The predicted octanol–water partition coefficient (Wildman–Crippen LogP) is 3.21. The molecule has 0 aliphatic heterocycles. The van der Waals surface area contributed by atoms with Crippen LogP contribution in [0.15, 0.2) is 41.9 Å². The van der Waals surface area contributed by atoms with Crippen molar-refractivity contribution in [2.24, 2.45) is 10.9 Å². The maximum Gasteiger partial charge on any atom is 0.191 e. The van der Waals surface area contributed by atoms with Gasteiger partial charge in [-0.3, -0.25) is 4.99 Å². The van der Waals surface area contributed by atoms with Gasteiger partial charge in [-0.05, 0) is 23.5 Å². The molecule has 0 bridgehead atoms. The van der Waals surface area contributed by atoms with Gasteiger partial charge in [0.25, 0.3) is 0 Å². The van der Waals surface area contributed by atoms with E-state index in [9.17, 15) is 0 Å². The molecule has 1 unspecified atom stereocenters. The Morgan fingerprint density at radius 3 is 2.77 bits per heavy atom. The third-order valence-electron chi connectivity index (χ3n) is 4.59. The van der Waals surface area contributed by atoms with Crippen LogP contribution in [0.25, 0.3) is 0 Å². The predicted molar refractivity (Wildman–Crippen MR) is 107 cm³/mol. The summed E-state index contributed by atoms with van der Waals surface area (Å²) in [6.45, 7) is 6.96. The molecule has 1 aromatic carbocycles. The molecule has 1 heterocycles. The molecule has 0 radical (unpaired) electrons. The van der Waals surface area contributed by atoms with Crippen LogP contribution in [0.3, 0.4) is 0 Å². The van der Waals surface area contributed by atoms with Gasteiger partial charge >= 0.3 is 0 Å². The van der Waals surface area contributed by atoms with Crippen molar-refractivity contribution >= 4 is 5.96 Å². The van der Waals surface area contributed by atoms with E-state index in [2.05, 4.69) is 63.8 Å². The van der Waals surface area contributed by atoms with E-state index in [1.807, 2.05) is 11.7 Å². The van der Waals surface area contributed by atoms with Gasteiger partial charge in [0.1, 0.15) is 12.7 Å². The van der Waals surface area contributed by atoms with Crippen molar-refractivity contribution in [3.8, 4) is 0 Å². The van der Waals surface area contributed by atoms with Gasteiger partial charge in [0.05, 0.1) is 6.54 Å². The second-order valence-corrected chi connectivity index (χ2v) is 6.64. The minimum absolute atomic E-state index is 0.708. The minimum atomic E-state index is 0.708. The molecule has 6 nitrogen and oxygen atoms in total. The number of benzene rings is 1. The van der Waals surface area contributed by atoms with Crippen molar-refractivity contribution in [3.05, 3.63) is 48.0 Å². The summed E-state index contributed by atoms with van der Waals surface area (Å²) < 4.78 is 1.83. The van der Waals surface area contributed by atoms with Crippen LogP contribution < -0.4 is 10.6 Å². The van der Waals surface area contributed by atoms with Crippen molar-refractivity contribution in [1.82, 2.24) is 25.4 Å². The van der Waals surface area contributed by atoms with Gasteiger partial charge in [0.2, 0.25) is 0 Å². The highest BCUT2D eigenvalue weighted by molar-refractivity contribution is 5.79. The molecule has 2 rings (SSSR count). The fraction of sp³-hybridized carbons (Fsp3) is 0.550. The number of hydrogen-bond acceptors (Lipinski definition) is 3. The van der Waals surface area contributed by atoms with Crippen molar-refractivity contribution in [2.45, 2.75) is 52.6 Å². The lowest BCUT2D eigenvalue weighted by Gasteiger charge is -2.18. The molecule has 142 valence electrons. The van der Waals surface area contributed by atoms with E-state index in [0.717, 1.165) is 25.6 Å². The molecule has 0 saturated heterocycles. The molecule has 0 amide bonds. The number of hydrogen-bond donors (Lipinski definition) is 2. The Morgan fingerprint density at radius 2 is 2.08 bits per heavy atom. The zero-order valence-electron chi connectivity index (χ0n) is 16.3. The van der Waals surface area contributed by atoms with E-state index >= 15 is 0 Å². The Hall–Kier alpha value is -2.37. The van der Waals surface area contributed by atoms with Crippen molar-refractivity contribution in [3.63, 3.8) is 0 Å². The summed E-state index contributed by atoms with van der Waals surface area (Å²) in [4.78, 5) is 8.33. The first-order valence-corrected chi connectivity index (χ1v) is 9.59. The molecule has 6 heteroatoms. The van der Waals surface area contributed by atoms with Gasteiger partial charge < -0.3 is 10.6 Å². The topological polar surface area (TPSA) is 67.1 Å². The summed E-state index contributed by atoms with van der Waals surface area (Å²) in [5.41, 5.74) is 2.44. The van der Waals surface area contributed by atoms with Crippen LogP contribution >= 0.6 is 0 Å². The average Bonchev–Trinajstić information content (AvgIpc) is 3.17. The molecular weight excluding hydrogens is 324 g/mol. The molecule has 0 aliphatic carbocycles. The maximum atomic E-state index is 4.34. The van der Waals surface area contributed by atoms with E-state index in [1.54, 1.807) is 12.7 Å². The van der Waals surface area contributed by atoms with Crippen molar-refractivity contribution in [1.29, 1.82) is 0 Å². The lowest BCUT2D eigenvalue weighted by molar-refractivity contribution is 0.443. The number of rotatable bonds is 10. The smallest absolute Gasteiger partial charge is 0.191 e. The molecular formula is C20H32N6.